The molecule has 0 saturated heterocycles. The van der Waals surface area contributed by atoms with Crippen molar-refractivity contribution in [2.45, 2.75) is 32.7 Å². The molecule has 2 aromatic carbocycles. The van der Waals surface area contributed by atoms with Crippen LogP contribution in [-0.2, 0) is 4.79 Å². The molecule has 0 bridgehead atoms. The van der Waals surface area contributed by atoms with Gasteiger partial charge in [-0.2, -0.15) is 5.10 Å². The number of hydrogen-bond acceptors (Lipinski definition) is 3. The number of anilines is 1. The van der Waals surface area contributed by atoms with Crippen LogP contribution in [0.25, 0.3) is 0 Å². The summed E-state index contributed by atoms with van der Waals surface area (Å²) in [5.41, 5.74) is 5.34. The fraction of sp³-hybridized carbons (Fsp3) is 0.263. The third-order valence-electron chi connectivity index (χ3n) is 3.61. The number of rotatable bonds is 6. The van der Waals surface area contributed by atoms with Gasteiger partial charge in [0.1, 0.15) is 11.9 Å². The predicted molar refractivity (Wildman–Crippen MR) is 95.8 cm³/mol. The summed E-state index contributed by atoms with van der Waals surface area (Å²) in [4.78, 5) is 12.0. The molecule has 0 fully saturated rings. The Morgan fingerprint density at radius 1 is 1.04 bits per heavy atom. The maximum absolute atomic E-state index is 12.9. The number of amides is 1. The lowest BCUT2D eigenvalue weighted by molar-refractivity contribution is -0.121. The molecule has 126 valence electrons. The zero-order valence-corrected chi connectivity index (χ0v) is 14.1. The van der Waals surface area contributed by atoms with E-state index in [0.717, 1.165) is 5.56 Å². The van der Waals surface area contributed by atoms with Crippen LogP contribution in [0.4, 0.5) is 10.1 Å². The minimum absolute atomic E-state index is 0.269. The first-order chi connectivity index (χ1) is 11.5. The number of carbonyl (C=O) groups excluding carboxylic acids is 1. The van der Waals surface area contributed by atoms with E-state index >= 15 is 0 Å². The molecule has 0 radical (unpaired) electrons. The standard InChI is InChI=1S/C19H22FN3O/c1-13(2)16-6-4-15(5-7-16)12-21-23-19(24)14(3)22-18-10-8-17(20)9-11-18/h4-14,22H,1-3H3,(H,23,24). The van der Waals surface area contributed by atoms with E-state index in [0.29, 0.717) is 11.6 Å². The Hall–Kier alpha value is -2.69. The largest absolute Gasteiger partial charge is 0.374 e. The first kappa shape index (κ1) is 17.7. The van der Waals surface area contributed by atoms with Crippen molar-refractivity contribution in [3.63, 3.8) is 0 Å². The van der Waals surface area contributed by atoms with E-state index in [2.05, 4.69) is 29.7 Å². The summed E-state index contributed by atoms with van der Waals surface area (Å²) in [6.07, 6.45) is 1.60. The lowest BCUT2D eigenvalue weighted by Gasteiger charge is -2.13. The van der Waals surface area contributed by atoms with Gasteiger partial charge in [-0.1, -0.05) is 38.1 Å². The summed E-state index contributed by atoms with van der Waals surface area (Å²) in [5.74, 6) is -0.103. The molecular weight excluding hydrogens is 305 g/mol. The second kappa shape index (κ2) is 8.24. The van der Waals surface area contributed by atoms with Gasteiger partial charge in [-0.15, -0.1) is 0 Å². The zero-order chi connectivity index (χ0) is 17.5. The fourth-order valence-corrected chi connectivity index (χ4v) is 2.10. The monoisotopic (exact) mass is 327 g/mol. The van der Waals surface area contributed by atoms with E-state index in [-0.39, 0.29) is 11.7 Å². The molecule has 1 amide bonds. The van der Waals surface area contributed by atoms with Gasteiger partial charge in [0.05, 0.1) is 6.21 Å². The molecule has 1 unspecified atom stereocenters. The van der Waals surface area contributed by atoms with Gasteiger partial charge in [-0.05, 0) is 48.2 Å². The van der Waals surface area contributed by atoms with Crippen LogP contribution in [0.3, 0.4) is 0 Å². The Balaban J connectivity index is 1.86. The minimum Gasteiger partial charge on any atom is -0.374 e. The Kier molecular flexibility index (Phi) is 6.07. The molecule has 2 rings (SSSR count). The van der Waals surface area contributed by atoms with Crippen molar-refractivity contribution >= 4 is 17.8 Å². The molecule has 0 aliphatic carbocycles. The summed E-state index contributed by atoms with van der Waals surface area (Å²) in [6.45, 7) is 5.99. The normalized spacial score (nSPS) is 12.4. The van der Waals surface area contributed by atoms with E-state index in [1.807, 2.05) is 24.3 Å². The van der Waals surface area contributed by atoms with Crippen LogP contribution in [0.2, 0.25) is 0 Å². The smallest absolute Gasteiger partial charge is 0.262 e. The quantitative estimate of drug-likeness (QED) is 0.624. The lowest BCUT2D eigenvalue weighted by Crippen LogP contribution is -2.34. The number of nitrogens with one attached hydrogen (secondary N) is 2. The highest BCUT2D eigenvalue weighted by molar-refractivity contribution is 5.86. The SMILES string of the molecule is CC(Nc1ccc(F)cc1)C(=O)NN=Cc1ccc(C(C)C)cc1. The Morgan fingerprint density at radius 2 is 1.67 bits per heavy atom. The Labute approximate surface area is 141 Å². The Bertz CT molecular complexity index is 694. The number of hydrogen-bond donors (Lipinski definition) is 2. The van der Waals surface area contributed by atoms with Gasteiger partial charge in [0, 0.05) is 5.69 Å². The third-order valence-corrected chi connectivity index (χ3v) is 3.61. The van der Waals surface area contributed by atoms with Crippen LogP contribution in [0.1, 0.15) is 37.8 Å². The average molecular weight is 327 g/mol. The zero-order valence-electron chi connectivity index (χ0n) is 14.1. The molecule has 4 nitrogen and oxygen atoms in total. The minimum atomic E-state index is -0.490. The maximum Gasteiger partial charge on any atom is 0.262 e. The van der Waals surface area contributed by atoms with Crippen molar-refractivity contribution in [3.05, 3.63) is 65.5 Å². The van der Waals surface area contributed by atoms with Gasteiger partial charge in [0.2, 0.25) is 0 Å². The molecule has 0 aliphatic heterocycles. The molecule has 5 heteroatoms. The summed E-state index contributed by atoms with van der Waals surface area (Å²) < 4.78 is 12.9. The molecule has 0 heterocycles. The Morgan fingerprint density at radius 3 is 2.25 bits per heavy atom. The van der Waals surface area contributed by atoms with E-state index in [1.165, 1.54) is 17.7 Å². The van der Waals surface area contributed by atoms with E-state index in [4.69, 9.17) is 0 Å². The second-order valence-corrected chi connectivity index (χ2v) is 5.93. The van der Waals surface area contributed by atoms with E-state index in [9.17, 15) is 9.18 Å². The number of halogens is 1. The lowest BCUT2D eigenvalue weighted by atomic mass is 10.0. The first-order valence-corrected chi connectivity index (χ1v) is 7.90. The van der Waals surface area contributed by atoms with Gasteiger partial charge in [0.15, 0.2) is 0 Å². The average Bonchev–Trinajstić information content (AvgIpc) is 2.57. The van der Waals surface area contributed by atoms with Crippen LogP contribution in [0.15, 0.2) is 53.6 Å². The van der Waals surface area contributed by atoms with Crippen LogP contribution in [0.5, 0.6) is 0 Å². The van der Waals surface area contributed by atoms with Gasteiger partial charge in [0.25, 0.3) is 5.91 Å². The number of nitrogens with zero attached hydrogens (tertiary/aromatic N) is 1. The van der Waals surface area contributed by atoms with Crippen LogP contribution in [0, 0.1) is 5.82 Å². The highest BCUT2D eigenvalue weighted by atomic mass is 19.1. The summed E-state index contributed by atoms with van der Waals surface area (Å²) in [6, 6.07) is 13.4. The van der Waals surface area contributed by atoms with Gasteiger partial charge >= 0.3 is 0 Å². The first-order valence-electron chi connectivity index (χ1n) is 7.90. The van der Waals surface area contributed by atoms with Crippen LogP contribution < -0.4 is 10.7 Å². The molecule has 24 heavy (non-hydrogen) atoms. The highest BCUT2D eigenvalue weighted by Gasteiger charge is 2.11. The van der Waals surface area contributed by atoms with Crippen LogP contribution >= 0.6 is 0 Å². The van der Waals surface area contributed by atoms with Crippen molar-refractivity contribution in [1.29, 1.82) is 0 Å². The molecule has 0 spiro atoms. The van der Waals surface area contributed by atoms with Crippen molar-refractivity contribution in [1.82, 2.24) is 5.43 Å². The molecule has 0 saturated carbocycles. The topological polar surface area (TPSA) is 53.5 Å². The maximum atomic E-state index is 12.9. The number of benzene rings is 2. The van der Waals surface area contributed by atoms with Crippen molar-refractivity contribution in [3.8, 4) is 0 Å². The fourth-order valence-electron chi connectivity index (χ4n) is 2.10. The van der Waals surface area contributed by atoms with Crippen molar-refractivity contribution in [2.24, 2.45) is 5.10 Å². The van der Waals surface area contributed by atoms with Crippen molar-refractivity contribution < 1.29 is 9.18 Å². The van der Waals surface area contributed by atoms with Crippen LogP contribution in [-0.4, -0.2) is 18.2 Å². The second-order valence-electron chi connectivity index (χ2n) is 5.93. The van der Waals surface area contributed by atoms with Gasteiger partial charge < -0.3 is 5.32 Å². The predicted octanol–water partition coefficient (Wildman–Crippen LogP) is 3.90. The van der Waals surface area contributed by atoms with Gasteiger partial charge in [-0.25, -0.2) is 9.82 Å². The molecular formula is C19H22FN3O. The third kappa shape index (κ3) is 5.19. The number of carbonyl (C=O) groups is 1. The molecule has 1 atom stereocenters. The van der Waals surface area contributed by atoms with Gasteiger partial charge in [-0.3, -0.25) is 4.79 Å². The number of hydrazone groups is 1. The van der Waals surface area contributed by atoms with E-state index in [1.54, 1.807) is 25.3 Å². The molecule has 2 aromatic rings. The van der Waals surface area contributed by atoms with E-state index < -0.39 is 6.04 Å². The van der Waals surface area contributed by atoms with Crippen molar-refractivity contribution in [2.75, 3.05) is 5.32 Å². The summed E-state index contributed by atoms with van der Waals surface area (Å²) in [5, 5.41) is 6.95. The summed E-state index contributed by atoms with van der Waals surface area (Å²) in [7, 11) is 0. The molecule has 0 aromatic heterocycles. The highest BCUT2D eigenvalue weighted by Crippen LogP contribution is 2.14. The summed E-state index contributed by atoms with van der Waals surface area (Å²) >= 11 is 0. The molecule has 0 aliphatic rings. The molecule has 2 N–H and O–H groups in total.